The van der Waals surface area contributed by atoms with Crippen LogP contribution in [0.2, 0.25) is 0 Å². The van der Waals surface area contributed by atoms with Gasteiger partial charge in [0.15, 0.2) is 5.65 Å². The monoisotopic (exact) mass is 454 g/mol. The minimum atomic E-state index is -4.04. The summed E-state index contributed by atoms with van der Waals surface area (Å²) in [6.45, 7) is 5.31. The first-order valence-electron chi connectivity index (χ1n) is 9.61. The molecule has 2 heterocycles. The van der Waals surface area contributed by atoms with Crippen molar-refractivity contribution >= 4 is 45.1 Å². The Bertz CT molecular complexity index is 1340. The van der Waals surface area contributed by atoms with Gasteiger partial charge >= 0.3 is 11.9 Å². The number of rotatable bonds is 6. The van der Waals surface area contributed by atoms with Crippen molar-refractivity contribution in [2.45, 2.75) is 31.3 Å². The Morgan fingerprint density at radius 3 is 2.50 bits per heavy atom. The van der Waals surface area contributed by atoms with E-state index in [0.717, 1.165) is 10.0 Å². The van der Waals surface area contributed by atoms with Crippen molar-refractivity contribution in [3.8, 4) is 0 Å². The molecule has 0 aliphatic carbocycles. The fourth-order valence-electron chi connectivity index (χ4n) is 2.92. The highest BCUT2D eigenvalue weighted by Gasteiger charge is 2.22. The van der Waals surface area contributed by atoms with Crippen LogP contribution in [0.5, 0.6) is 0 Å². The largest absolute Gasteiger partial charge is 0.478 e. The molecule has 0 atom stereocenters. The van der Waals surface area contributed by atoms with Crippen molar-refractivity contribution < 1.29 is 27.9 Å². The third-order valence-electron chi connectivity index (χ3n) is 4.19. The number of carboxylic acid groups (broad SMARTS) is 1. The van der Waals surface area contributed by atoms with Crippen LogP contribution in [0.1, 0.15) is 31.9 Å². The highest BCUT2D eigenvalue weighted by atomic mass is 32.2. The summed E-state index contributed by atoms with van der Waals surface area (Å²) in [7, 11) is -4.04. The summed E-state index contributed by atoms with van der Waals surface area (Å²) in [6.07, 6.45) is 7.76. The molecule has 0 saturated heterocycles. The Morgan fingerprint density at radius 1 is 1.09 bits per heavy atom. The molecule has 8 nitrogen and oxygen atoms in total. The molecule has 9 heteroatoms. The van der Waals surface area contributed by atoms with Gasteiger partial charge in [0.25, 0.3) is 10.0 Å². The van der Waals surface area contributed by atoms with Crippen LogP contribution in [0.15, 0.2) is 65.8 Å². The average Bonchev–Trinajstić information content (AvgIpc) is 3.14. The number of carbonyl (C=O) groups excluding carboxylic acids is 1. The zero-order chi connectivity index (χ0) is 23.5. The normalized spacial score (nSPS) is 12.6. The molecule has 1 aromatic carbocycles. The van der Waals surface area contributed by atoms with Gasteiger partial charge in [-0.05, 0) is 62.2 Å². The number of hydrogen-bond donors (Lipinski definition) is 1. The summed E-state index contributed by atoms with van der Waals surface area (Å²) in [5.41, 5.74) is 0.443. The van der Waals surface area contributed by atoms with Gasteiger partial charge in [-0.15, -0.1) is 0 Å². The number of nitrogens with zero attached hydrogens (tertiary/aromatic N) is 2. The lowest BCUT2D eigenvalue weighted by Gasteiger charge is -2.17. The van der Waals surface area contributed by atoms with Crippen LogP contribution >= 0.6 is 0 Å². The van der Waals surface area contributed by atoms with Crippen LogP contribution in [-0.2, 0) is 24.3 Å². The molecule has 0 amide bonds. The van der Waals surface area contributed by atoms with E-state index < -0.39 is 27.6 Å². The Balaban J connectivity index is 1.96. The van der Waals surface area contributed by atoms with Gasteiger partial charge in [-0.3, -0.25) is 0 Å². The number of esters is 1. The Hall–Kier alpha value is -3.72. The standard InChI is InChI=1S/C23H22N2O6S/c1-23(2,3)31-21(28)11-8-16-14-18-12-13-25(22(18)24-15-16)32(29,30)19-7-5-4-6-17(19)9-10-20(26)27/h4-15H,1-3H3,(H,26,27)/b10-9+,11-8+. The second kappa shape index (κ2) is 8.80. The topological polar surface area (TPSA) is 116 Å². The van der Waals surface area contributed by atoms with Crippen molar-refractivity contribution in [2.75, 3.05) is 0 Å². The summed E-state index contributed by atoms with van der Waals surface area (Å²) < 4.78 is 32.8. The van der Waals surface area contributed by atoms with Gasteiger partial charge in [-0.1, -0.05) is 18.2 Å². The fourth-order valence-corrected chi connectivity index (χ4v) is 4.42. The smallest absolute Gasteiger partial charge is 0.331 e. The van der Waals surface area contributed by atoms with Crippen LogP contribution in [0.3, 0.4) is 0 Å². The highest BCUT2D eigenvalue weighted by Crippen LogP contribution is 2.25. The van der Waals surface area contributed by atoms with E-state index in [2.05, 4.69) is 4.98 Å². The molecule has 3 aromatic rings. The third kappa shape index (κ3) is 5.30. The van der Waals surface area contributed by atoms with Gasteiger partial charge in [0.2, 0.25) is 0 Å². The number of benzene rings is 1. The van der Waals surface area contributed by atoms with Crippen molar-refractivity contribution in [1.29, 1.82) is 0 Å². The summed E-state index contributed by atoms with van der Waals surface area (Å²) in [5, 5.41) is 9.42. The maximum atomic E-state index is 13.3. The van der Waals surface area contributed by atoms with Gasteiger partial charge in [-0.25, -0.2) is 27.0 Å². The summed E-state index contributed by atoms with van der Waals surface area (Å²) in [6, 6.07) is 9.40. The van der Waals surface area contributed by atoms with Crippen LogP contribution in [0.4, 0.5) is 0 Å². The van der Waals surface area contributed by atoms with Crippen molar-refractivity contribution in [2.24, 2.45) is 0 Å². The number of carbonyl (C=O) groups is 2. The maximum absolute atomic E-state index is 13.3. The van der Waals surface area contributed by atoms with Gasteiger partial charge in [-0.2, -0.15) is 0 Å². The third-order valence-corrected chi connectivity index (χ3v) is 5.93. The molecule has 32 heavy (non-hydrogen) atoms. The predicted molar refractivity (Wildman–Crippen MR) is 120 cm³/mol. The van der Waals surface area contributed by atoms with E-state index in [-0.39, 0.29) is 16.1 Å². The quantitative estimate of drug-likeness (QED) is 0.446. The van der Waals surface area contributed by atoms with E-state index in [1.807, 2.05) is 0 Å². The number of fused-ring (bicyclic) bond motifs is 1. The number of carboxylic acids is 1. The average molecular weight is 455 g/mol. The zero-order valence-electron chi connectivity index (χ0n) is 17.7. The molecule has 0 saturated carbocycles. The molecule has 0 fully saturated rings. The molecular formula is C23H22N2O6S. The van der Waals surface area contributed by atoms with Crippen molar-refractivity contribution in [3.05, 3.63) is 72.1 Å². The molecule has 166 valence electrons. The molecular weight excluding hydrogens is 432 g/mol. The molecule has 1 N–H and O–H groups in total. The predicted octanol–water partition coefficient (Wildman–Crippen LogP) is 3.73. The lowest BCUT2D eigenvalue weighted by Crippen LogP contribution is -2.22. The van der Waals surface area contributed by atoms with Gasteiger partial charge in [0.05, 0.1) is 4.90 Å². The number of ether oxygens (including phenoxy) is 1. The molecule has 3 rings (SSSR count). The molecule has 0 bridgehead atoms. The van der Waals surface area contributed by atoms with E-state index in [4.69, 9.17) is 9.84 Å². The molecule has 0 radical (unpaired) electrons. The van der Waals surface area contributed by atoms with Crippen LogP contribution in [0, 0.1) is 0 Å². The van der Waals surface area contributed by atoms with E-state index in [1.54, 1.807) is 51.1 Å². The molecule has 0 aliphatic rings. The van der Waals surface area contributed by atoms with Gasteiger partial charge in [0.1, 0.15) is 5.60 Å². The Morgan fingerprint density at radius 2 is 1.81 bits per heavy atom. The first kappa shape index (κ1) is 23.0. The summed E-state index contributed by atoms with van der Waals surface area (Å²) in [4.78, 5) is 26.9. The fraction of sp³-hybridized carbons (Fsp3) is 0.174. The molecule has 0 spiro atoms. The lowest BCUT2D eigenvalue weighted by atomic mass is 10.2. The molecule has 2 aromatic heterocycles. The number of pyridine rings is 1. The molecule has 0 unspecified atom stereocenters. The minimum Gasteiger partial charge on any atom is -0.478 e. The number of aliphatic carboxylic acids is 1. The van der Waals surface area contributed by atoms with E-state index in [1.165, 1.54) is 36.7 Å². The van der Waals surface area contributed by atoms with Crippen molar-refractivity contribution in [1.82, 2.24) is 8.96 Å². The van der Waals surface area contributed by atoms with Crippen LogP contribution in [0.25, 0.3) is 23.2 Å². The number of aromatic nitrogens is 2. The van der Waals surface area contributed by atoms with Gasteiger partial charge < -0.3 is 9.84 Å². The first-order valence-corrected chi connectivity index (χ1v) is 11.1. The van der Waals surface area contributed by atoms with Crippen LogP contribution in [-0.4, -0.2) is 40.0 Å². The summed E-state index contributed by atoms with van der Waals surface area (Å²) >= 11 is 0. The van der Waals surface area contributed by atoms with Gasteiger partial charge in [0, 0.05) is 29.9 Å². The van der Waals surface area contributed by atoms with E-state index >= 15 is 0 Å². The Kier molecular flexibility index (Phi) is 6.31. The van der Waals surface area contributed by atoms with E-state index in [0.29, 0.717) is 10.9 Å². The second-order valence-electron chi connectivity index (χ2n) is 7.87. The second-order valence-corrected chi connectivity index (χ2v) is 9.66. The zero-order valence-corrected chi connectivity index (χ0v) is 18.5. The highest BCUT2D eigenvalue weighted by molar-refractivity contribution is 7.90. The first-order chi connectivity index (χ1) is 15.0. The van der Waals surface area contributed by atoms with Crippen LogP contribution < -0.4 is 0 Å². The minimum absolute atomic E-state index is 0.0503. The maximum Gasteiger partial charge on any atom is 0.331 e. The van der Waals surface area contributed by atoms with E-state index in [9.17, 15) is 18.0 Å². The number of hydrogen-bond acceptors (Lipinski definition) is 6. The summed E-state index contributed by atoms with van der Waals surface area (Å²) in [5.74, 6) is -1.68. The Labute approximate surface area is 185 Å². The molecule has 0 aliphatic heterocycles. The SMILES string of the molecule is CC(C)(C)OC(=O)/C=C/c1cnc2c(ccn2S(=O)(=O)c2ccccc2/C=C/C(=O)O)c1. The lowest BCUT2D eigenvalue weighted by molar-refractivity contribution is -0.148. The van der Waals surface area contributed by atoms with Crippen molar-refractivity contribution in [3.63, 3.8) is 0 Å².